The summed E-state index contributed by atoms with van der Waals surface area (Å²) in [5.74, 6) is 0. The third-order valence-corrected chi connectivity index (χ3v) is 5.50. The van der Waals surface area contributed by atoms with Gasteiger partial charge in [-0.2, -0.15) is 0 Å². The summed E-state index contributed by atoms with van der Waals surface area (Å²) in [5, 5.41) is -0.253. The van der Waals surface area contributed by atoms with Crippen LogP contribution < -0.4 is 5.73 Å². The van der Waals surface area contributed by atoms with Crippen molar-refractivity contribution in [1.82, 2.24) is 4.31 Å². The lowest BCUT2D eigenvalue weighted by molar-refractivity contribution is 0.0974. The highest BCUT2D eigenvalue weighted by Crippen LogP contribution is 2.22. The lowest BCUT2D eigenvalue weighted by Crippen LogP contribution is -2.41. The number of ether oxygens (including phenoxy) is 1. The van der Waals surface area contributed by atoms with Crippen molar-refractivity contribution in [2.45, 2.75) is 30.6 Å². The monoisotopic (exact) mass is 234 g/mol. The van der Waals surface area contributed by atoms with E-state index in [1.807, 2.05) is 0 Å². The molecule has 0 amide bonds. The van der Waals surface area contributed by atoms with Crippen LogP contribution in [0.15, 0.2) is 0 Å². The van der Waals surface area contributed by atoms with Gasteiger partial charge in [0.05, 0.1) is 5.25 Å². The van der Waals surface area contributed by atoms with E-state index in [4.69, 9.17) is 10.5 Å². The second kappa shape index (κ2) is 4.37. The molecule has 5 nitrogen and oxygen atoms in total. The van der Waals surface area contributed by atoms with Crippen LogP contribution in [0.2, 0.25) is 0 Å². The molecule has 0 unspecified atom stereocenters. The Morgan fingerprint density at radius 1 is 1.20 bits per heavy atom. The highest BCUT2D eigenvalue weighted by atomic mass is 32.2. The number of nitrogens with zero attached hydrogens (tertiary/aromatic N) is 1. The maximum Gasteiger partial charge on any atom is 0.217 e. The first-order chi connectivity index (χ1) is 7.10. The number of hydrogen-bond donors (Lipinski definition) is 1. The van der Waals surface area contributed by atoms with E-state index < -0.39 is 10.0 Å². The van der Waals surface area contributed by atoms with Gasteiger partial charge in [-0.25, -0.2) is 12.7 Å². The minimum Gasteiger partial charge on any atom is -0.381 e. The normalized spacial score (nSPS) is 30.9. The van der Waals surface area contributed by atoms with Crippen molar-refractivity contribution in [1.29, 1.82) is 0 Å². The molecule has 0 aromatic rings. The standard InChI is InChI=1S/C9H18N2O3S/c10-8-1-4-11(7-8)15(12,13)9-2-5-14-6-3-9/h8-9H,1-7,10H2/t8-/m0/s1. The Morgan fingerprint density at radius 2 is 1.87 bits per heavy atom. The Kier molecular flexibility index (Phi) is 3.30. The Hall–Kier alpha value is -0.170. The van der Waals surface area contributed by atoms with Crippen LogP contribution in [0.25, 0.3) is 0 Å². The minimum atomic E-state index is -3.12. The molecule has 0 spiro atoms. The zero-order valence-electron chi connectivity index (χ0n) is 8.76. The number of sulfonamides is 1. The van der Waals surface area contributed by atoms with Crippen molar-refractivity contribution < 1.29 is 13.2 Å². The predicted molar refractivity (Wildman–Crippen MR) is 56.9 cm³/mol. The van der Waals surface area contributed by atoms with E-state index in [9.17, 15) is 8.42 Å². The van der Waals surface area contributed by atoms with E-state index in [-0.39, 0.29) is 11.3 Å². The fraction of sp³-hybridized carbons (Fsp3) is 1.00. The first-order valence-electron chi connectivity index (χ1n) is 5.43. The predicted octanol–water partition coefficient (Wildman–Crippen LogP) is -0.472. The number of hydrogen-bond acceptors (Lipinski definition) is 4. The van der Waals surface area contributed by atoms with E-state index in [1.54, 1.807) is 4.31 Å². The van der Waals surface area contributed by atoms with Crippen molar-refractivity contribution >= 4 is 10.0 Å². The first kappa shape index (κ1) is 11.3. The molecule has 88 valence electrons. The Balaban J connectivity index is 2.05. The quantitative estimate of drug-likeness (QED) is 0.701. The molecule has 1 atom stereocenters. The summed E-state index contributed by atoms with van der Waals surface area (Å²) >= 11 is 0. The fourth-order valence-electron chi connectivity index (χ4n) is 2.17. The van der Waals surface area contributed by atoms with E-state index in [2.05, 4.69) is 0 Å². The van der Waals surface area contributed by atoms with Gasteiger partial charge in [0.15, 0.2) is 0 Å². The highest BCUT2D eigenvalue weighted by molar-refractivity contribution is 7.89. The first-order valence-corrected chi connectivity index (χ1v) is 6.93. The lowest BCUT2D eigenvalue weighted by Gasteiger charge is -2.26. The van der Waals surface area contributed by atoms with Crippen molar-refractivity contribution in [3.63, 3.8) is 0 Å². The van der Waals surface area contributed by atoms with Gasteiger partial charge in [-0.05, 0) is 19.3 Å². The molecule has 2 rings (SSSR count). The highest BCUT2D eigenvalue weighted by Gasteiger charge is 2.36. The molecule has 2 aliphatic heterocycles. The molecule has 0 bridgehead atoms. The third kappa shape index (κ3) is 2.33. The number of nitrogens with two attached hydrogens (primary N) is 1. The zero-order valence-corrected chi connectivity index (χ0v) is 9.58. The molecule has 0 radical (unpaired) electrons. The van der Waals surface area contributed by atoms with Crippen LogP contribution in [-0.2, 0) is 14.8 Å². The molecule has 2 heterocycles. The van der Waals surface area contributed by atoms with E-state index in [0.717, 1.165) is 6.42 Å². The van der Waals surface area contributed by atoms with Crippen molar-refractivity contribution in [2.75, 3.05) is 26.3 Å². The van der Waals surface area contributed by atoms with Crippen molar-refractivity contribution in [2.24, 2.45) is 5.73 Å². The Morgan fingerprint density at radius 3 is 2.40 bits per heavy atom. The summed E-state index contributed by atoms with van der Waals surface area (Å²) in [7, 11) is -3.12. The summed E-state index contributed by atoms with van der Waals surface area (Å²) < 4.78 is 31.0. The van der Waals surface area contributed by atoms with Crippen LogP contribution >= 0.6 is 0 Å². The van der Waals surface area contributed by atoms with Crippen molar-refractivity contribution in [3.05, 3.63) is 0 Å². The Labute approximate surface area is 90.6 Å². The number of rotatable bonds is 2. The second-order valence-electron chi connectivity index (χ2n) is 4.26. The van der Waals surface area contributed by atoms with Crippen LogP contribution in [0, 0.1) is 0 Å². The van der Waals surface area contributed by atoms with Crippen LogP contribution in [-0.4, -0.2) is 50.3 Å². The van der Waals surface area contributed by atoms with Crippen molar-refractivity contribution in [3.8, 4) is 0 Å². The average molecular weight is 234 g/mol. The molecule has 2 fully saturated rings. The van der Waals surface area contributed by atoms with Gasteiger partial charge in [-0.3, -0.25) is 0 Å². The molecular weight excluding hydrogens is 216 g/mol. The van der Waals surface area contributed by atoms with Crippen LogP contribution in [0.4, 0.5) is 0 Å². The summed E-state index contributed by atoms with van der Waals surface area (Å²) in [6.45, 7) is 2.19. The maximum absolute atomic E-state index is 12.1. The summed E-state index contributed by atoms with van der Waals surface area (Å²) in [4.78, 5) is 0. The summed E-state index contributed by atoms with van der Waals surface area (Å²) in [6.07, 6.45) is 2.02. The molecule has 6 heteroatoms. The van der Waals surface area contributed by atoms with Gasteiger partial charge in [-0.15, -0.1) is 0 Å². The molecule has 2 aliphatic rings. The molecule has 2 N–H and O–H groups in total. The van der Waals surface area contributed by atoms with Gasteiger partial charge < -0.3 is 10.5 Å². The van der Waals surface area contributed by atoms with Gasteiger partial charge in [0, 0.05) is 32.3 Å². The SMILES string of the molecule is N[C@H]1CCN(S(=O)(=O)C2CCOCC2)C1. The summed E-state index contributed by atoms with van der Waals surface area (Å²) in [6, 6.07) is 0.0135. The van der Waals surface area contributed by atoms with Gasteiger partial charge in [0.2, 0.25) is 10.0 Å². The van der Waals surface area contributed by atoms with Gasteiger partial charge in [0.1, 0.15) is 0 Å². The minimum absolute atomic E-state index is 0.0135. The maximum atomic E-state index is 12.1. The van der Waals surface area contributed by atoms with Crippen LogP contribution in [0.1, 0.15) is 19.3 Å². The van der Waals surface area contributed by atoms with Gasteiger partial charge >= 0.3 is 0 Å². The third-order valence-electron chi connectivity index (χ3n) is 3.14. The molecule has 0 aromatic heterocycles. The topological polar surface area (TPSA) is 72.6 Å². The van der Waals surface area contributed by atoms with Crippen LogP contribution in [0.5, 0.6) is 0 Å². The lowest BCUT2D eigenvalue weighted by atomic mass is 10.2. The largest absolute Gasteiger partial charge is 0.381 e. The average Bonchev–Trinajstić information content (AvgIpc) is 2.67. The van der Waals surface area contributed by atoms with E-state index >= 15 is 0 Å². The smallest absolute Gasteiger partial charge is 0.217 e. The zero-order chi connectivity index (χ0) is 10.9. The molecule has 2 saturated heterocycles. The molecule has 0 saturated carbocycles. The fourth-order valence-corrected chi connectivity index (χ4v) is 4.14. The molecule has 0 aliphatic carbocycles. The Bertz CT molecular complexity index is 301. The molecule has 0 aromatic carbocycles. The van der Waals surface area contributed by atoms with Gasteiger partial charge in [-0.1, -0.05) is 0 Å². The molecular formula is C9H18N2O3S. The van der Waals surface area contributed by atoms with E-state index in [0.29, 0.717) is 39.1 Å². The van der Waals surface area contributed by atoms with Crippen LogP contribution in [0.3, 0.4) is 0 Å². The second-order valence-corrected chi connectivity index (χ2v) is 6.48. The van der Waals surface area contributed by atoms with Gasteiger partial charge in [0.25, 0.3) is 0 Å². The van der Waals surface area contributed by atoms with E-state index in [1.165, 1.54) is 0 Å². The summed E-state index contributed by atoms with van der Waals surface area (Å²) in [5.41, 5.74) is 5.72. The molecule has 15 heavy (non-hydrogen) atoms.